The van der Waals surface area contributed by atoms with Crippen LogP contribution in [0.25, 0.3) is 0 Å². The van der Waals surface area contributed by atoms with Gasteiger partial charge in [0.2, 0.25) is 0 Å². The van der Waals surface area contributed by atoms with Crippen LogP contribution < -0.4 is 0 Å². The third-order valence-electron chi connectivity index (χ3n) is 3.37. The lowest BCUT2D eigenvalue weighted by Crippen LogP contribution is -1.99. The number of hydrogen-bond donors (Lipinski definition) is 0. The Morgan fingerprint density at radius 2 is 2.14 bits per heavy atom. The number of hydrogen-bond acceptors (Lipinski definition) is 0. The smallest absolute Gasteiger partial charge is 0.0202 e. The summed E-state index contributed by atoms with van der Waals surface area (Å²) in [5, 5.41) is 0. The molecular weight excluding hydrogens is 168 g/mol. The Hall–Kier alpha value is -0.520. The first-order chi connectivity index (χ1) is 6.77. The highest BCUT2D eigenvalue weighted by atomic mass is 14.4. The largest absolute Gasteiger partial charge is 0.103 e. The number of fused-ring (bicyclic) bond motifs is 2. The van der Waals surface area contributed by atoms with Crippen LogP contribution in [0.4, 0.5) is 0 Å². The van der Waals surface area contributed by atoms with Crippen LogP contribution in [-0.2, 0) is 0 Å². The molecule has 0 N–H and O–H groups in total. The van der Waals surface area contributed by atoms with Crippen molar-refractivity contribution in [3.8, 4) is 0 Å². The molecule has 3 unspecified atom stereocenters. The molecular formula is C14H24. The summed E-state index contributed by atoms with van der Waals surface area (Å²) in [5.74, 6) is 2.92. The van der Waals surface area contributed by atoms with Gasteiger partial charge in [-0.05, 0) is 37.0 Å². The molecule has 2 bridgehead atoms. The maximum absolute atomic E-state index is 3.60. The fourth-order valence-corrected chi connectivity index (χ4v) is 2.40. The summed E-state index contributed by atoms with van der Waals surface area (Å²) in [7, 11) is 0. The minimum Gasteiger partial charge on any atom is -0.103 e. The van der Waals surface area contributed by atoms with Gasteiger partial charge in [-0.3, -0.25) is 0 Å². The van der Waals surface area contributed by atoms with Crippen molar-refractivity contribution < 1.29 is 0 Å². The molecule has 80 valence electrons. The minimum atomic E-state index is 0.958. The second-order valence-electron chi connectivity index (χ2n) is 4.69. The monoisotopic (exact) mass is 192 g/mol. The Kier molecular flexibility index (Phi) is 5.00. The number of unbranched alkanes of at least 4 members (excludes halogenated alkanes) is 2. The molecule has 2 aliphatic carbocycles. The average molecular weight is 192 g/mol. The first kappa shape index (κ1) is 11.6. The van der Waals surface area contributed by atoms with Crippen molar-refractivity contribution >= 4 is 0 Å². The van der Waals surface area contributed by atoms with Gasteiger partial charge in [0.1, 0.15) is 0 Å². The van der Waals surface area contributed by atoms with Crippen molar-refractivity contribution in [1.82, 2.24) is 0 Å². The Morgan fingerprint density at radius 3 is 2.36 bits per heavy atom. The lowest BCUT2D eigenvalue weighted by atomic mass is 9.96. The van der Waals surface area contributed by atoms with E-state index in [0.717, 1.165) is 17.8 Å². The van der Waals surface area contributed by atoms with Crippen LogP contribution in [0.2, 0.25) is 0 Å². The predicted octanol–water partition coefficient (Wildman–Crippen LogP) is 4.58. The second kappa shape index (κ2) is 6.06. The maximum Gasteiger partial charge on any atom is -0.0202 e. The van der Waals surface area contributed by atoms with Gasteiger partial charge in [0.25, 0.3) is 0 Å². The average Bonchev–Trinajstić information content (AvgIpc) is 2.76. The topological polar surface area (TPSA) is 0 Å². The fraction of sp³-hybridized carbons (Fsp3) is 0.714. The Balaban J connectivity index is 0.000000149. The van der Waals surface area contributed by atoms with Crippen LogP contribution in [0.15, 0.2) is 24.8 Å². The molecule has 1 saturated carbocycles. The van der Waals surface area contributed by atoms with Gasteiger partial charge in [-0.25, -0.2) is 0 Å². The Morgan fingerprint density at radius 1 is 1.36 bits per heavy atom. The van der Waals surface area contributed by atoms with Gasteiger partial charge in [0.05, 0.1) is 0 Å². The third-order valence-corrected chi connectivity index (χ3v) is 3.37. The van der Waals surface area contributed by atoms with E-state index in [2.05, 4.69) is 32.6 Å². The van der Waals surface area contributed by atoms with Gasteiger partial charge in [-0.2, -0.15) is 0 Å². The molecule has 2 rings (SSSR count). The summed E-state index contributed by atoms with van der Waals surface area (Å²) in [4.78, 5) is 0. The molecule has 0 saturated heterocycles. The van der Waals surface area contributed by atoms with E-state index in [-0.39, 0.29) is 0 Å². The van der Waals surface area contributed by atoms with Crippen molar-refractivity contribution in [2.45, 2.75) is 46.0 Å². The molecule has 0 radical (unpaired) electrons. The van der Waals surface area contributed by atoms with Gasteiger partial charge < -0.3 is 0 Å². The number of rotatable bonds is 3. The van der Waals surface area contributed by atoms with Crippen molar-refractivity contribution in [2.75, 3.05) is 0 Å². The van der Waals surface area contributed by atoms with Crippen LogP contribution >= 0.6 is 0 Å². The summed E-state index contributed by atoms with van der Waals surface area (Å²) in [6.45, 7) is 8.15. The van der Waals surface area contributed by atoms with E-state index in [1.165, 1.54) is 32.1 Å². The fourth-order valence-electron chi connectivity index (χ4n) is 2.40. The van der Waals surface area contributed by atoms with Crippen LogP contribution in [0.3, 0.4) is 0 Å². The molecule has 0 aromatic carbocycles. The van der Waals surface area contributed by atoms with Crippen LogP contribution in [0, 0.1) is 17.8 Å². The molecule has 1 fully saturated rings. The van der Waals surface area contributed by atoms with Crippen molar-refractivity contribution in [3.63, 3.8) is 0 Å². The SMILES string of the molecule is C=CCCCC.CC1CC2C=CC1C2. The van der Waals surface area contributed by atoms with E-state index < -0.39 is 0 Å². The van der Waals surface area contributed by atoms with E-state index in [4.69, 9.17) is 0 Å². The molecule has 0 heterocycles. The van der Waals surface area contributed by atoms with Crippen molar-refractivity contribution in [1.29, 1.82) is 0 Å². The van der Waals surface area contributed by atoms with E-state index in [1.54, 1.807) is 0 Å². The molecule has 0 heteroatoms. The summed E-state index contributed by atoms with van der Waals surface area (Å²) in [6.07, 6.45) is 13.4. The first-order valence-electron chi connectivity index (χ1n) is 6.07. The molecule has 3 atom stereocenters. The first-order valence-corrected chi connectivity index (χ1v) is 6.07. The number of allylic oxidation sites excluding steroid dienone is 3. The Bertz CT molecular complexity index is 190. The highest BCUT2D eigenvalue weighted by Crippen LogP contribution is 2.42. The zero-order chi connectivity index (χ0) is 10.4. The molecule has 0 spiro atoms. The standard InChI is InChI=1S/C8H12.C6H12/c1-6-4-7-2-3-8(6)5-7;1-3-5-6-4-2/h2-3,6-8H,4-5H2,1H3;3H,1,4-6H2,2H3. The molecule has 0 aliphatic heterocycles. The molecule has 0 amide bonds. The van der Waals surface area contributed by atoms with E-state index >= 15 is 0 Å². The van der Waals surface area contributed by atoms with Gasteiger partial charge >= 0.3 is 0 Å². The van der Waals surface area contributed by atoms with Gasteiger partial charge in [-0.1, -0.05) is 44.9 Å². The van der Waals surface area contributed by atoms with Crippen LogP contribution in [0.5, 0.6) is 0 Å². The second-order valence-corrected chi connectivity index (χ2v) is 4.69. The van der Waals surface area contributed by atoms with Crippen LogP contribution in [0.1, 0.15) is 46.0 Å². The quantitative estimate of drug-likeness (QED) is 0.453. The Labute approximate surface area is 89.1 Å². The minimum absolute atomic E-state index is 0.958. The van der Waals surface area contributed by atoms with E-state index in [9.17, 15) is 0 Å². The van der Waals surface area contributed by atoms with Gasteiger partial charge in [0.15, 0.2) is 0 Å². The summed E-state index contributed by atoms with van der Waals surface area (Å²) in [6, 6.07) is 0. The summed E-state index contributed by atoms with van der Waals surface area (Å²) >= 11 is 0. The molecule has 0 nitrogen and oxygen atoms in total. The lowest BCUT2D eigenvalue weighted by molar-refractivity contribution is 0.493. The highest BCUT2D eigenvalue weighted by Gasteiger charge is 2.32. The normalized spacial score (nSPS) is 32.6. The maximum atomic E-state index is 3.60. The zero-order valence-electron chi connectivity index (χ0n) is 9.71. The van der Waals surface area contributed by atoms with Crippen molar-refractivity contribution in [2.24, 2.45) is 17.8 Å². The highest BCUT2D eigenvalue weighted by molar-refractivity contribution is 5.08. The van der Waals surface area contributed by atoms with Gasteiger partial charge in [0, 0.05) is 0 Å². The van der Waals surface area contributed by atoms with Crippen LogP contribution in [-0.4, -0.2) is 0 Å². The van der Waals surface area contributed by atoms with Gasteiger partial charge in [-0.15, -0.1) is 6.58 Å². The zero-order valence-corrected chi connectivity index (χ0v) is 9.71. The molecule has 0 aromatic rings. The lowest BCUT2D eigenvalue weighted by Gasteiger charge is -2.09. The van der Waals surface area contributed by atoms with E-state index in [0.29, 0.717) is 0 Å². The molecule has 2 aliphatic rings. The summed E-state index contributed by atoms with van der Waals surface area (Å²) in [5.41, 5.74) is 0. The summed E-state index contributed by atoms with van der Waals surface area (Å²) < 4.78 is 0. The third kappa shape index (κ3) is 3.32. The predicted molar refractivity (Wildman–Crippen MR) is 64.2 cm³/mol. The van der Waals surface area contributed by atoms with Crippen molar-refractivity contribution in [3.05, 3.63) is 24.8 Å². The molecule has 0 aromatic heterocycles. The molecule has 14 heavy (non-hydrogen) atoms. The van der Waals surface area contributed by atoms with E-state index in [1.807, 2.05) is 6.08 Å².